The lowest BCUT2D eigenvalue weighted by Crippen LogP contribution is -2.52. The number of halogens is 1. The molecule has 0 spiro atoms. The number of aromatic amines is 1. The third kappa shape index (κ3) is 4.33. The number of benzene rings is 1. The average molecular weight is 432 g/mol. The van der Waals surface area contributed by atoms with E-state index in [0.717, 1.165) is 43.2 Å². The Hall–Kier alpha value is -1.93. The van der Waals surface area contributed by atoms with Gasteiger partial charge in [-0.05, 0) is 56.9 Å². The minimum atomic E-state index is -0.0823. The third-order valence-corrected chi connectivity index (χ3v) is 6.69. The predicted molar refractivity (Wildman–Crippen MR) is 120 cm³/mol. The molecule has 0 saturated carbocycles. The van der Waals surface area contributed by atoms with E-state index in [-0.39, 0.29) is 11.9 Å². The largest absolute Gasteiger partial charge is 0.348 e. The molecule has 0 radical (unpaired) electrons. The van der Waals surface area contributed by atoms with Gasteiger partial charge in [-0.3, -0.25) is 9.69 Å². The lowest BCUT2D eigenvalue weighted by molar-refractivity contribution is 0.0882. The van der Waals surface area contributed by atoms with Crippen LogP contribution in [0.4, 0.5) is 0 Å². The maximum atomic E-state index is 13.1. The maximum absolute atomic E-state index is 13.1. The molecule has 1 aromatic carbocycles. The highest BCUT2D eigenvalue weighted by molar-refractivity contribution is 7.13. The van der Waals surface area contributed by atoms with Gasteiger partial charge in [-0.1, -0.05) is 17.7 Å². The lowest BCUT2D eigenvalue weighted by atomic mass is 10.0. The number of fused-ring (bicyclic) bond motifs is 1. The zero-order valence-corrected chi connectivity index (χ0v) is 18.2. The number of thiophene rings is 1. The van der Waals surface area contributed by atoms with Crippen LogP contribution in [0.1, 0.15) is 30.1 Å². The number of hydrogen-bond donors (Lipinski definition) is 3. The Balaban J connectivity index is 1.55. The zero-order chi connectivity index (χ0) is 20.4. The summed E-state index contributed by atoms with van der Waals surface area (Å²) in [6.07, 6.45) is 2.08. The number of hydrogen-bond acceptors (Lipinski definition) is 5. The highest BCUT2D eigenvalue weighted by Crippen LogP contribution is 2.30. The number of H-pyrrole nitrogens is 1. The quantitative estimate of drug-likeness (QED) is 0.555. The molecule has 1 saturated heterocycles. The number of likely N-dealkylation sites (N-methyl/N-ethyl adjacent to an activating group) is 1. The van der Waals surface area contributed by atoms with Crippen LogP contribution in [-0.2, 0) is 0 Å². The summed E-state index contributed by atoms with van der Waals surface area (Å²) in [6.45, 7) is 5.11. The Morgan fingerprint density at radius 1 is 1.45 bits per heavy atom. The molecule has 3 heterocycles. The van der Waals surface area contributed by atoms with Crippen molar-refractivity contribution < 1.29 is 4.79 Å². The summed E-state index contributed by atoms with van der Waals surface area (Å²) in [5, 5.41) is 9.01. The van der Waals surface area contributed by atoms with E-state index < -0.39 is 0 Å². The van der Waals surface area contributed by atoms with Gasteiger partial charge in [0.05, 0.1) is 21.0 Å². The Kier molecular flexibility index (Phi) is 6.20. The molecular weight excluding hydrogens is 406 g/mol. The molecule has 1 fully saturated rings. The van der Waals surface area contributed by atoms with Crippen LogP contribution in [0.25, 0.3) is 21.7 Å². The number of aromatic nitrogens is 2. The van der Waals surface area contributed by atoms with Gasteiger partial charge in [0.2, 0.25) is 0 Å². The van der Waals surface area contributed by atoms with Gasteiger partial charge < -0.3 is 15.6 Å². The molecule has 1 aliphatic rings. The third-order valence-electron chi connectivity index (χ3n) is 5.51. The summed E-state index contributed by atoms with van der Waals surface area (Å²) < 4.78 is 0. The van der Waals surface area contributed by atoms with Crippen molar-refractivity contribution in [1.82, 2.24) is 25.5 Å². The molecule has 2 atom stereocenters. The normalized spacial score (nSPS) is 18.8. The van der Waals surface area contributed by atoms with Gasteiger partial charge in [0.15, 0.2) is 0 Å². The van der Waals surface area contributed by atoms with Crippen molar-refractivity contribution in [2.75, 3.05) is 26.7 Å². The molecule has 29 heavy (non-hydrogen) atoms. The zero-order valence-electron chi connectivity index (χ0n) is 16.7. The fourth-order valence-corrected chi connectivity index (χ4v) is 4.86. The topological polar surface area (TPSA) is 73.0 Å². The second kappa shape index (κ2) is 8.83. The van der Waals surface area contributed by atoms with Crippen LogP contribution >= 0.6 is 22.9 Å². The molecular formula is C21H26ClN5OS. The number of likely N-dealkylation sites (tertiary alicyclic amines) is 1. The molecule has 0 bridgehead atoms. The summed E-state index contributed by atoms with van der Waals surface area (Å²) in [7, 11) is 1.97. The molecule has 2 unspecified atom stereocenters. The number of amides is 1. The first kappa shape index (κ1) is 20.3. The van der Waals surface area contributed by atoms with Crippen molar-refractivity contribution in [3.8, 4) is 10.7 Å². The van der Waals surface area contributed by atoms with Crippen molar-refractivity contribution in [1.29, 1.82) is 0 Å². The van der Waals surface area contributed by atoms with Crippen LogP contribution in [0.2, 0.25) is 5.02 Å². The first-order valence-electron chi connectivity index (χ1n) is 9.98. The van der Waals surface area contributed by atoms with Gasteiger partial charge >= 0.3 is 0 Å². The minimum Gasteiger partial charge on any atom is -0.348 e. The summed E-state index contributed by atoms with van der Waals surface area (Å²) in [5.74, 6) is 0.656. The molecule has 3 aromatic rings. The van der Waals surface area contributed by atoms with E-state index in [4.69, 9.17) is 11.6 Å². The Bertz CT molecular complexity index is 987. The number of nitrogens with zero attached hydrogens (tertiary/aromatic N) is 2. The SMILES string of the molecule is CNCC(C)N1CCCC(NC(=O)c2ccc(Cl)c3nc(-c4cccs4)[nH]c23)C1. The van der Waals surface area contributed by atoms with E-state index in [1.807, 2.05) is 24.6 Å². The van der Waals surface area contributed by atoms with E-state index in [9.17, 15) is 4.79 Å². The van der Waals surface area contributed by atoms with Crippen molar-refractivity contribution >= 4 is 39.9 Å². The van der Waals surface area contributed by atoms with Gasteiger partial charge in [0.1, 0.15) is 11.3 Å². The van der Waals surface area contributed by atoms with Crippen molar-refractivity contribution in [2.45, 2.75) is 31.8 Å². The fourth-order valence-electron chi connectivity index (χ4n) is 3.99. The van der Waals surface area contributed by atoms with E-state index in [2.05, 4.69) is 32.4 Å². The number of piperidine rings is 1. The summed E-state index contributed by atoms with van der Waals surface area (Å²) >= 11 is 7.96. The Morgan fingerprint density at radius 3 is 3.07 bits per heavy atom. The number of imidazole rings is 1. The van der Waals surface area contributed by atoms with Crippen LogP contribution in [0.3, 0.4) is 0 Å². The predicted octanol–water partition coefficient (Wildman–Crippen LogP) is 3.75. The molecule has 1 amide bonds. The van der Waals surface area contributed by atoms with Crippen LogP contribution in [0.5, 0.6) is 0 Å². The first-order chi connectivity index (χ1) is 14.1. The highest BCUT2D eigenvalue weighted by Gasteiger charge is 2.26. The number of carbonyl (C=O) groups excluding carboxylic acids is 1. The van der Waals surface area contributed by atoms with E-state index in [1.165, 1.54) is 0 Å². The highest BCUT2D eigenvalue weighted by atomic mass is 35.5. The average Bonchev–Trinajstić information content (AvgIpc) is 3.39. The van der Waals surface area contributed by atoms with Crippen molar-refractivity contribution in [3.05, 3.63) is 40.2 Å². The van der Waals surface area contributed by atoms with Crippen LogP contribution in [0, 0.1) is 0 Å². The molecule has 3 N–H and O–H groups in total. The molecule has 154 valence electrons. The van der Waals surface area contributed by atoms with E-state index in [1.54, 1.807) is 23.5 Å². The number of rotatable bonds is 6. The molecule has 0 aliphatic carbocycles. The summed E-state index contributed by atoms with van der Waals surface area (Å²) in [5.41, 5.74) is 1.91. The van der Waals surface area contributed by atoms with Gasteiger partial charge in [-0.25, -0.2) is 4.98 Å². The van der Waals surface area contributed by atoms with Crippen LogP contribution < -0.4 is 10.6 Å². The monoisotopic (exact) mass is 431 g/mol. The van der Waals surface area contributed by atoms with E-state index >= 15 is 0 Å². The number of carbonyl (C=O) groups is 1. The second-order valence-electron chi connectivity index (χ2n) is 7.60. The Morgan fingerprint density at radius 2 is 2.31 bits per heavy atom. The first-order valence-corrected chi connectivity index (χ1v) is 11.2. The standard InChI is InChI=1S/C21H26ClN5OS/c1-13(11-23-2)27-9-3-5-14(12-27)24-21(28)15-7-8-16(22)19-18(15)25-20(26-19)17-6-4-10-29-17/h4,6-8,10,13-14,23H,3,5,9,11-12H2,1-2H3,(H,24,28)(H,25,26). The number of nitrogens with one attached hydrogen (secondary N) is 3. The maximum Gasteiger partial charge on any atom is 0.253 e. The van der Waals surface area contributed by atoms with E-state index in [0.29, 0.717) is 27.7 Å². The molecule has 1 aliphatic heterocycles. The van der Waals surface area contributed by atoms with Crippen LogP contribution in [-0.4, -0.2) is 59.5 Å². The van der Waals surface area contributed by atoms with Gasteiger partial charge in [0, 0.05) is 25.2 Å². The molecule has 4 rings (SSSR count). The fraction of sp³-hybridized carbons (Fsp3) is 0.429. The molecule has 8 heteroatoms. The van der Waals surface area contributed by atoms with Crippen molar-refractivity contribution in [2.24, 2.45) is 0 Å². The minimum absolute atomic E-state index is 0.0823. The van der Waals surface area contributed by atoms with Gasteiger partial charge in [0.25, 0.3) is 5.91 Å². The summed E-state index contributed by atoms with van der Waals surface area (Å²) in [6, 6.07) is 8.09. The molecule has 6 nitrogen and oxygen atoms in total. The summed E-state index contributed by atoms with van der Waals surface area (Å²) in [4.78, 5) is 24.5. The Labute approximate surface area is 179 Å². The van der Waals surface area contributed by atoms with Crippen LogP contribution in [0.15, 0.2) is 29.6 Å². The smallest absolute Gasteiger partial charge is 0.253 e. The van der Waals surface area contributed by atoms with Crippen molar-refractivity contribution in [3.63, 3.8) is 0 Å². The van der Waals surface area contributed by atoms with Gasteiger partial charge in [-0.2, -0.15) is 0 Å². The second-order valence-corrected chi connectivity index (χ2v) is 8.95. The lowest BCUT2D eigenvalue weighted by Gasteiger charge is -2.37. The van der Waals surface area contributed by atoms with Gasteiger partial charge in [-0.15, -0.1) is 11.3 Å². The molecule has 2 aromatic heterocycles.